The van der Waals surface area contributed by atoms with Crippen molar-refractivity contribution >= 4 is 23.0 Å². The van der Waals surface area contributed by atoms with Crippen molar-refractivity contribution in [3.05, 3.63) is 46.3 Å². The zero-order valence-electron chi connectivity index (χ0n) is 12.8. The minimum absolute atomic E-state index is 0.0559. The number of hydrogen-bond donors (Lipinski definition) is 1. The van der Waals surface area contributed by atoms with Gasteiger partial charge in [-0.3, -0.25) is 10.1 Å². The zero-order chi connectivity index (χ0) is 16.4. The molecule has 2 N–H and O–H groups in total. The average Bonchev–Trinajstić information content (AvgIpc) is 2.55. The van der Waals surface area contributed by atoms with Gasteiger partial charge in [-0.15, -0.1) is 0 Å². The number of hydrogen-bond acceptors (Lipinski definition) is 7. The summed E-state index contributed by atoms with van der Waals surface area (Å²) in [6.45, 7) is 5.01. The van der Waals surface area contributed by atoms with Crippen LogP contribution in [0.15, 0.2) is 30.6 Å². The molecule has 1 saturated heterocycles. The van der Waals surface area contributed by atoms with Gasteiger partial charge < -0.3 is 15.5 Å². The number of pyridine rings is 2. The van der Waals surface area contributed by atoms with Gasteiger partial charge in [0.2, 0.25) is 0 Å². The fraction of sp³-hybridized carbons (Fsp3) is 0.333. The van der Waals surface area contributed by atoms with Gasteiger partial charge in [0.25, 0.3) is 5.69 Å². The second-order valence-electron chi connectivity index (χ2n) is 5.50. The molecule has 1 aliphatic heterocycles. The summed E-state index contributed by atoms with van der Waals surface area (Å²) in [5, 5.41) is 10.9. The maximum atomic E-state index is 10.9. The van der Waals surface area contributed by atoms with Crippen molar-refractivity contribution in [1.29, 1.82) is 0 Å². The van der Waals surface area contributed by atoms with Gasteiger partial charge in [0.05, 0.1) is 16.8 Å². The number of nitrogens with zero attached hydrogens (tertiary/aromatic N) is 5. The molecular formula is C15H18N6O2. The summed E-state index contributed by atoms with van der Waals surface area (Å²) in [5.74, 6) is 1.29. The predicted molar refractivity (Wildman–Crippen MR) is 88.7 cm³/mol. The van der Waals surface area contributed by atoms with Crippen molar-refractivity contribution in [2.24, 2.45) is 0 Å². The highest BCUT2D eigenvalue weighted by Crippen LogP contribution is 2.23. The van der Waals surface area contributed by atoms with E-state index in [-0.39, 0.29) is 5.69 Å². The van der Waals surface area contributed by atoms with Crippen molar-refractivity contribution in [2.45, 2.75) is 6.92 Å². The van der Waals surface area contributed by atoms with Gasteiger partial charge >= 0.3 is 0 Å². The summed E-state index contributed by atoms with van der Waals surface area (Å²) >= 11 is 0. The van der Waals surface area contributed by atoms with Gasteiger partial charge in [-0.25, -0.2) is 9.97 Å². The van der Waals surface area contributed by atoms with Crippen LogP contribution in [0.3, 0.4) is 0 Å². The number of piperazine rings is 1. The average molecular weight is 314 g/mol. The molecule has 0 saturated carbocycles. The van der Waals surface area contributed by atoms with Crippen LogP contribution < -0.4 is 15.5 Å². The van der Waals surface area contributed by atoms with Crippen LogP contribution in [-0.4, -0.2) is 41.1 Å². The third kappa shape index (κ3) is 3.15. The smallest absolute Gasteiger partial charge is 0.290 e. The largest absolute Gasteiger partial charge is 0.384 e. The first-order valence-electron chi connectivity index (χ1n) is 7.37. The third-order valence-corrected chi connectivity index (χ3v) is 4.00. The van der Waals surface area contributed by atoms with E-state index in [0.717, 1.165) is 37.7 Å². The number of aromatic nitrogens is 2. The molecule has 3 rings (SSSR count). The lowest BCUT2D eigenvalue weighted by atomic mass is 10.2. The number of aryl methyl sites for hydroxylation is 1. The van der Waals surface area contributed by atoms with Crippen molar-refractivity contribution in [1.82, 2.24) is 9.97 Å². The Kier molecular flexibility index (Phi) is 3.96. The summed E-state index contributed by atoms with van der Waals surface area (Å²) in [5.41, 5.74) is 7.34. The maximum Gasteiger partial charge on any atom is 0.290 e. The molecule has 0 bridgehead atoms. The standard InChI is InChI=1S/C15H18N6O2/c1-11-8-15(18-10-13(11)21(22)23)20-6-4-19(5-7-20)12-2-3-14(16)17-9-12/h2-3,8-10H,4-7H2,1H3,(H2,16,17). The summed E-state index contributed by atoms with van der Waals surface area (Å²) in [4.78, 5) is 23.2. The Hall–Kier alpha value is -2.90. The molecule has 0 aromatic carbocycles. The van der Waals surface area contributed by atoms with Crippen LogP contribution in [0.25, 0.3) is 0 Å². The molecule has 0 spiro atoms. The van der Waals surface area contributed by atoms with Crippen LogP contribution in [0.2, 0.25) is 0 Å². The van der Waals surface area contributed by atoms with E-state index in [4.69, 9.17) is 5.73 Å². The van der Waals surface area contributed by atoms with E-state index in [1.807, 2.05) is 6.07 Å². The molecule has 3 heterocycles. The molecule has 0 aliphatic carbocycles. The minimum Gasteiger partial charge on any atom is -0.384 e. The summed E-state index contributed by atoms with van der Waals surface area (Å²) in [6.07, 6.45) is 3.11. The summed E-state index contributed by atoms with van der Waals surface area (Å²) in [7, 11) is 0. The Balaban J connectivity index is 1.68. The van der Waals surface area contributed by atoms with Crippen LogP contribution in [0.5, 0.6) is 0 Å². The van der Waals surface area contributed by atoms with E-state index in [1.165, 1.54) is 6.20 Å². The van der Waals surface area contributed by atoms with Gasteiger partial charge in [0.1, 0.15) is 17.8 Å². The first kappa shape index (κ1) is 15.0. The van der Waals surface area contributed by atoms with E-state index in [1.54, 1.807) is 25.3 Å². The van der Waals surface area contributed by atoms with Crippen molar-refractivity contribution in [3.63, 3.8) is 0 Å². The Labute approximate surface area is 133 Å². The molecule has 0 amide bonds. The summed E-state index contributed by atoms with van der Waals surface area (Å²) < 4.78 is 0. The SMILES string of the molecule is Cc1cc(N2CCN(c3ccc(N)nc3)CC2)ncc1[N+](=O)[O-]. The van der Waals surface area contributed by atoms with E-state index < -0.39 is 4.92 Å². The van der Waals surface area contributed by atoms with Gasteiger partial charge in [-0.05, 0) is 25.1 Å². The van der Waals surface area contributed by atoms with Crippen LogP contribution >= 0.6 is 0 Å². The normalized spacial score (nSPS) is 14.8. The number of nitrogens with two attached hydrogens (primary N) is 1. The van der Waals surface area contributed by atoms with Gasteiger partial charge in [0, 0.05) is 31.7 Å². The fourth-order valence-corrected chi connectivity index (χ4v) is 2.68. The lowest BCUT2D eigenvalue weighted by molar-refractivity contribution is -0.385. The first-order chi connectivity index (χ1) is 11.0. The molecule has 1 aliphatic rings. The Morgan fingerprint density at radius 3 is 2.39 bits per heavy atom. The highest BCUT2D eigenvalue weighted by molar-refractivity contribution is 5.52. The molecule has 1 fully saturated rings. The van der Waals surface area contributed by atoms with E-state index in [0.29, 0.717) is 11.4 Å². The molecule has 0 unspecified atom stereocenters. The molecule has 2 aromatic rings. The number of anilines is 3. The highest BCUT2D eigenvalue weighted by atomic mass is 16.6. The molecule has 8 nitrogen and oxygen atoms in total. The van der Waals surface area contributed by atoms with E-state index in [2.05, 4.69) is 19.8 Å². The monoisotopic (exact) mass is 314 g/mol. The molecule has 120 valence electrons. The topological polar surface area (TPSA) is 101 Å². The van der Waals surface area contributed by atoms with Crippen molar-refractivity contribution in [2.75, 3.05) is 41.7 Å². The second kappa shape index (κ2) is 6.07. The highest BCUT2D eigenvalue weighted by Gasteiger charge is 2.20. The lowest BCUT2D eigenvalue weighted by Crippen LogP contribution is -2.46. The minimum atomic E-state index is -0.405. The summed E-state index contributed by atoms with van der Waals surface area (Å²) in [6, 6.07) is 5.54. The Morgan fingerprint density at radius 1 is 1.13 bits per heavy atom. The van der Waals surface area contributed by atoms with Gasteiger partial charge in [0.15, 0.2) is 0 Å². The van der Waals surface area contributed by atoms with Crippen molar-refractivity contribution in [3.8, 4) is 0 Å². The lowest BCUT2D eigenvalue weighted by Gasteiger charge is -2.36. The first-order valence-corrected chi connectivity index (χ1v) is 7.37. The number of nitrogen functional groups attached to an aromatic ring is 1. The van der Waals surface area contributed by atoms with Crippen LogP contribution in [-0.2, 0) is 0 Å². The molecule has 0 atom stereocenters. The van der Waals surface area contributed by atoms with Gasteiger partial charge in [-0.2, -0.15) is 0 Å². The van der Waals surface area contributed by atoms with Crippen LogP contribution in [0.4, 0.5) is 23.0 Å². The molecule has 8 heteroatoms. The number of rotatable bonds is 3. The van der Waals surface area contributed by atoms with Gasteiger partial charge in [-0.1, -0.05) is 0 Å². The zero-order valence-corrected chi connectivity index (χ0v) is 12.8. The van der Waals surface area contributed by atoms with Crippen molar-refractivity contribution < 1.29 is 4.92 Å². The van der Waals surface area contributed by atoms with Crippen LogP contribution in [0, 0.1) is 17.0 Å². The molecule has 2 aromatic heterocycles. The second-order valence-corrected chi connectivity index (χ2v) is 5.50. The Bertz CT molecular complexity index is 710. The fourth-order valence-electron chi connectivity index (χ4n) is 2.68. The van der Waals surface area contributed by atoms with Crippen LogP contribution in [0.1, 0.15) is 5.56 Å². The predicted octanol–water partition coefficient (Wildman–Crippen LogP) is 1.60. The number of nitro groups is 1. The van der Waals surface area contributed by atoms with E-state index in [9.17, 15) is 10.1 Å². The Morgan fingerprint density at radius 2 is 1.83 bits per heavy atom. The quantitative estimate of drug-likeness (QED) is 0.678. The van der Waals surface area contributed by atoms with E-state index >= 15 is 0 Å². The third-order valence-electron chi connectivity index (χ3n) is 4.00. The molecular weight excluding hydrogens is 296 g/mol. The maximum absolute atomic E-state index is 10.9. The molecule has 0 radical (unpaired) electrons. The molecule has 23 heavy (non-hydrogen) atoms.